The quantitative estimate of drug-likeness (QED) is 0.239. The van der Waals surface area contributed by atoms with Crippen molar-refractivity contribution in [1.82, 2.24) is 15.2 Å². The second-order valence-electron chi connectivity index (χ2n) is 11.1. The number of aromatic amines is 1. The molecular formula is C34H30N4O4. The maximum absolute atomic E-state index is 14.3. The zero-order valence-corrected chi connectivity index (χ0v) is 23.3. The maximum Gasteiger partial charge on any atom is 0.332 e. The summed E-state index contributed by atoms with van der Waals surface area (Å²) in [5.74, 6) is 0.226. The zero-order chi connectivity index (χ0) is 29.0. The molecule has 5 aromatic rings. The van der Waals surface area contributed by atoms with Crippen LogP contribution in [0.4, 0.5) is 10.5 Å². The minimum atomic E-state index is -0.710. The highest BCUT2D eigenvalue weighted by Crippen LogP contribution is 2.45. The molecule has 2 aromatic heterocycles. The molecule has 2 atom stereocenters. The predicted molar refractivity (Wildman–Crippen MR) is 159 cm³/mol. The molecule has 3 aromatic carbocycles. The van der Waals surface area contributed by atoms with Crippen molar-refractivity contribution < 1.29 is 18.8 Å². The van der Waals surface area contributed by atoms with Gasteiger partial charge in [0.15, 0.2) is 0 Å². The Morgan fingerprint density at radius 2 is 1.74 bits per heavy atom. The van der Waals surface area contributed by atoms with Crippen molar-refractivity contribution in [2.75, 3.05) is 4.90 Å². The molecule has 2 aliphatic heterocycles. The van der Waals surface area contributed by atoms with E-state index in [0.29, 0.717) is 18.1 Å². The minimum absolute atomic E-state index is 0.187. The molecule has 8 nitrogen and oxygen atoms in total. The van der Waals surface area contributed by atoms with Gasteiger partial charge in [-0.1, -0.05) is 68.4 Å². The van der Waals surface area contributed by atoms with E-state index in [1.165, 1.54) is 10.5 Å². The number of imide groups is 1. The number of carbonyl (C=O) groups is 3. The smallest absolute Gasteiger partial charge is 0.332 e. The number of nitrogens with one attached hydrogen (secondary N) is 2. The SMILES string of the molecule is CC(C)c1ccc(C2c3[nH]c4ccccc4c3CC3C(=O)N(c4ccccc4C(=O)NCc4ccco4)C(=O)N32)cc1. The highest BCUT2D eigenvalue weighted by atomic mass is 16.3. The predicted octanol–water partition coefficient (Wildman–Crippen LogP) is 6.30. The maximum atomic E-state index is 14.3. The third kappa shape index (κ3) is 4.10. The molecule has 1 fully saturated rings. The van der Waals surface area contributed by atoms with Crippen molar-refractivity contribution in [3.63, 3.8) is 0 Å². The van der Waals surface area contributed by atoms with Crippen LogP contribution in [-0.4, -0.2) is 33.8 Å². The Bertz CT molecular complexity index is 1820. The van der Waals surface area contributed by atoms with Crippen molar-refractivity contribution in [2.24, 2.45) is 0 Å². The molecule has 2 unspecified atom stereocenters. The fraction of sp³-hybridized carbons (Fsp3) is 0.206. The lowest BCUT2D eigenvalue weighted by Gasteiger charge is -2.36. The van der Waals surface area contributed by atoms with Crippen molar-refractivity contribution in [2.45, 2.75) is 44.8 Å². The van der Waals surface area contributed by atoms with Crippen LogP contribution in [0.5, 0.6) is 0 Å². The number of hydrogen-bond acceptors (Lipinski definition) is 4. The molecule has 0 bridgehead atoms. The molecule has 8 heteroatoms. The summed E-state index contributed by atoms with van der Waals surface area (Å²) in [6.07, 6.45) is 1.92. The largest absolute Gasteiger partial charge is 0.467 e. The minimum Gasteiger partial charge on any atom is -0.467 e. The van der Waals surface area contributed by atoms with Crippen LogP contribution < -0.4 is 10.2 Å². The average Bonchev–Trinajstić information content (AvgIpc) is 3.72. The highest BCUT2D eigenvalue weighted by Gasteiger charge is 2.53. The lowest BCUT2D eigenvalue weighted by atomic mass is 9.88. The van der Waals surface area contributed by atoms with Gasteiger partial charge in [0, 0.05) is 23.0 Å². The number of nitrogens with zero attached hydrogens (tertiary/aromatic N) is 2. The summed E-state index contributed by atoms with van der Waals surface area (Å²) >= 11 is 0. The normalized spacial score (nSPS) is 18.1. The lowest BCUT2D eigenvalue weighted by Crippen LogP contribution is -2.44. The van der Waals surface area contributed by atoms with Crippen LogP contribution in [0.3, 0.4) is 0 Å². The number of rotatable bonds is 6. The van der Waals surface area contributed by atoms with Gasteiger partial charge in [0.25, 0.3) is 11.8 Å². The second kappa shape index (κ2) is 10.1. The third-order valence-corrected chi connectivity index (χ3v) is 8.36. The van der Waals surface area contributed by atoms with Gasteiger partial charge in [0.2, 0.25) is 0 Å². The van der Waals surface area contributed by atoms with Crippen molar-refractivity contribution >= 4 is 34.4 Å². The molecule has 0 aliphatic carbocycles. The third-order valence-electron chi connectivity index (χ3n) is 8.36. The molecule has 210 valence electrons. The van der Waals surface area contributed by atoms with Crippen LogP contribution in [0.1, 0.15) is 64.3 Å². The molecule has 0 spiro atoms. The van der Waals surface area contributed by atoms with Crippen LogP contribution in [0.25, 0.3) is 10.9 Å². The van der Waals surface area contributed by atoms with E-state index in [-0.39, 0.29) is 23.7 Å². The first-order valence-electron chi connectivity index (χ1n) is 14.2. The summed E-state index contributed by atoms with van der Waals surface area (Å²) in [5.41, 5.74) is 5.55. The second-order valence-corrected chi connectivity index (χ2v) is 11.1. The molecule has 4 heterocycles. The number of benzene rings is 3. The molecule has 1 saturated heterocycles. The summed E-state index contributed by atoms with van der Waals surface area (Å²) in [7, 11) is 0. The highest BCUT2D eigenvalue weighted by molar-refractivity contribution is 6.24. The Morgan fingerprint density at radius 1 is 0.976 bits per heavy atom. The number of para-hydroxylation sites is 2. The number of urea groups is 1. The van der Waals surface area contributed by atoms with Gasteiger partial charge in [-0.2, -0.15) is 0 Å². The number of hydrogen-bond donors (Lipinski definition) is 2. The van der Waals surface area contributed by atoms with Crippen molar-refractivity contribution in [1.29, 1.82) is 0 Å². The van der Waals surface area contributed by atoms with E-state index in [4.69, 9.17) is 4.42 Å². The Labute approximate surface area is 242 Å². The fourth-order valence-corrected chi connectivity index (χ4v) is 6.24. The van der Waals surface area contributed by atoms with Gasteiger partial charge in [-0.25, -0.2) is 9.69 Å². The molecular weight excluding hydrogens is 528 g/mol. The number of H-pyrrole nitrogens is 1. The lowest BCUT2D eigenvalue weighted by molar-refractivity contribution is -0.120. The summed E-state index contributed by atoms with van der Waals surface area (Å²) in [5, 5.41) is 3.88. The number of anilines is 1. The number of furan rings is 1. The first-order valence-corrected chi connectivity index (χ1v) is 14.2. The molecule has 0 radical (unpaired) electrons. The first-order chi connectivity index (χ1) is 20.4. The van der Waals surface area contributed by atoms with Gasteiger partial charge in [0.1, 0.15) is 17.8 Å². The van der Waals surface area contributed by atoms with E-state index < -0.39 is 24.0 Å². The van der Waals surface area contributed by atoms with Crippen molar-refractivity contribution in [3.05, 3.63) is 125 Å². The van der Waals surface area contributed by atoms with Crippen LogP contribution >= 0.6 is 0 Å². The van der Waals surface area contributed by atoms with Crippen LogP contribution in [0.2, 0.25) is 0 Å². The molecule has 0 saturated carbocycles. The van der Waals surface area contributed by atoms with E-state index in [0.717, 1.165) is 27.7 Å². The Kier molecular flexibility index (Phi) is 6.19. The standard InChI is InChI=1S/C34H30N4O4/c1-20(2)21-13-15-22(16-14-21)31-30-26(24-9-3-5-11-27(24)36-30)18-29-33(40)38(34(41)37(29)31)28-12-6-4-10-25(28)32(39)35-19-23-8-7-17-42-23/h3-17,20,29,31,36H,18-19H2,1-2H3,(H,35,39). The molecule has 2 N–H and O–H groups in total. The fourth-order valence-electron chi connectivity index (χ4n) is 6.24. The van der Waals surface area contributed by atoms with Gasteiger partial charge in [-0.3, -0.25) is 14.5 Å². The summed E-state index contributed by atoms with van der Waals surface area (Å²) in [4.78, 5) is 48.2. The zero-order valence-electron chi connectivity index (χ0n) is 23.3. The summed E-state index contributed by atoms with van der Waals surface area (Å²) in [6, 6.07) is 24.9. The van der Waals surface area contributed by atoms with Crippen LogP contribution in [0, 0.1) is 0 Å². The van der Waals surface area contributed by atoms with E-state index in [1.54, 1.807) is 47.6 Å². The topological polar surface area (TPSA) is 98.6 Å². The number of aromatic nitrogens is 1. The van der Waals surface area contributed by atoms with Crippen LogP contribution in [-0.2, 0) is 17.8 Å². The Morgan fingerprint density at radius 3 is 2.50 bits per heavy atom. The Balaban J connectivity index is 1.30. The van der Waals surface area contributed by atoms with Crippen molar-refractivity contribution in [3.8, 4) is 0 Å². The molecule has 4 amide bonds. The van der Waals surface area contributed by atoms with E-state index in [2.05, 4.69) is 42.3 Å². The monoisotopic (exact) mass is 558 g/mol. The van der Waals surface area contributed by atoms with E-state index in [1.807, 2.05) is 30.3 Å². The number of amides is 4. The van der Waals surface area contributed by atoms with Gasteiger partial charge in [-0.05, 0) is 52.9 Å². The molecule has 42 heavy (non-hydrogen) atoms. The number of fused-ring (bicyclic) bond motifs is 4. The Hall–Kier alpha value is -5.11. The molecule has 2 aliphatic rings. The van der Waals surface area contributed by atoms with Gasteiger partial charge in [0.05, 0.1) is 24.1 Å². The van der Waals surface area contributed by atoms with Gasteiger partial charge in [-0.15, -0.1) is 0 Å². The molecule has 7 rings (SSSR count). The average molecular weight is 559 g/mol. The van der Waals surface area contributed by atoms with Crippen LogP contribution in [0.15, 0.2) is 95.6 Å². The van der Waals surface area contributed by atoms with E-state index in [9.17, 15) is 14.4 Å². The van der Waals surface area contributed by atoms with E-state index >= 15 is 0 Å². The first kappa shape index (κ1) is 25.8. The van der Waals surface area contributed by atoms with Gasteiger partial charge >= 0.3 is 6.03 Å². The summed E-state index contributed by atoms with van der Waals surface area (Å²) in [6.45, 7) is 4.47. The summed E-state index contributed by atoms with van der Waals surface area (Å²) < 4.78 is 5.33. The number of carbonyl (C=O) groups excluding carboxylic acids is 3. The van der Waals surface area contributed by atoms with Gasteiger partial charge < -0.3 is 14.7 Å².